The maximum atomic E-state index is 10.2. The summed E-state index contributed by atoms with van der Waals surface area (Å²) < 4.78 is 0. The molecule has 0 radical (unpaired) electrons. The lowest BCUT2D eigenvalue weighted by Gasteiger charge is -2.31. The fourth-order valence-electron chi connectivity index (χ4n) is 2.82. The van der Waals surface area contributed by atoms with E-state index in [1.54, 1.807) is 6.08 Å². The van der Waals surface area contributed by atoms with Crippen molar-refractivity contribution in [1.82, 2.24) is 5.32 Å². The lowest BCUT2D eigenvalue weighted by molar-refractivity contribution is -0.403. The summed E-state index contributed by atoms with van der Waals surface area (Å²) in [6.07, 6.45) is 7.65. The summed E-state index contributed by atoms with van der Waals surface area (Å²) >= 11 is 0. The van der Waals surface area contributed by atoms with E-state index in [2.05, 4.69) is 5.32 Å². The Morgan fingerprint density at radius 2 is 2.21 bits per heavy atom. The molecule has 2 aliphatic rings. The first-order valence-electron chi connectivity index (χ1n) is 5.32. The van der Waals surface area contributed by atoms with Gasteiger partial charge in [0.1, 0.15) is 0 Å². The van der Waals surface area contributed by atoms with Crippen LogP contribution in [0.3, 0.4) is 0 Å². The predicted octanol–water partition coefficient (Wildman–Crippen LogP) is 1.55. The van der Waals surface area contributed by atoms with Gasteiger partial charge in [-0.2, -0.15) is 0 Å². The van der Waals surface area contributed by atoms with Crippen molar-refractivity contribution in [2.75, 3.05) is 6.54 Å². The smallest absolute Gasteiger partial charge is 0.230 e. The van der Waals surface area contributed by atoms with Crippen molar-refractivity contribution in [3.05, 3.63) is 22.4 Å². The highest BCUT2D eigenvalue weighted by atomic mass is 16.6. The highest BCUT2D eigenvalue weighted by Gasteiger charge is 2.35. The minimum absolute atomic E-state index is 0.355. The van der Waals surface area contributed by atoms with Crippen molar-refractivity contribution >= 4 is 0 Å². The second kappa shape index (κ2) is 4.09. The van der Waals surface area contributed by atoms with Crippen molar-refractivity contribution in [2.24, 2.45) is 11.8 Å². The maximum Gasteiger partial charge on any atom is 0.230 e. The van der Waals surface area contributed by atoms with Crippen molar-refractivity contribution in [3.63, 3.8) is 0 Å². The van der Waals surface area contributed by atoms with Gasteiger partial charge in [-0.25, -0.2) is 0 Å². The van der Waals surface area contributed by atoms with Crippen molar-refractivity contribution in [3.8, 4) is 0 Å². The Hall–Kier alpha value is -0.900. The Morgan fingerprint density at radius 1 is 1.36 bits per heavy atom. The molecule has 1 saturated carbocycles. The van der Waals surface area contributed by atoms with Gasteiger partial charge in [0.2, 0.25) is 6.20 Å². The highest BCUT2D eigenvalue weighted by Crippen LogP contribution is 2.36. The third kappa shape index (κ3) is 1.95. The van der Waals surface area contributed by atoms with Crippen molar-refractivity contribution in [1.29, 1.82) is 0 Å². The summed E-state index contributed by atoms with van der Waals surface area (Å²) in [5.41, 5.74) is 0. The fourth-order valence-corrected chi connectivity index (χ4v) is 2.82. The van der Waals surface area contributed by atoms with Crippen LogP contribution < -0.4 is 5.32 Å². The zero-order valence-electron chi connectivity index (χ0n) is 8.19. The zero-order chi connectivity index (χ0) is 9.97. The molecule has 4 heteroatoms. The van der Waals surface area contributed by atoms with Crippen LogP contribution >= 0.6 is 0 Å². The van der Waals surface area contributed by atoms with E-state index in [0.717, 1.165) is 19.2 Å². The minimum atomic E-state index is -0.355. The summed E-state index contributed by atoms with van der Waals surface area (Å²) in [6.45, 7) is 1.08. The lowest BCUT2D eigenvalue weighted by Crippen LogP contribution is -2.34. The molecule has 1 saturated heterocycles. The van der Waals surface area contributed by atoms with E-state index in [4.69, 9.17) is 0 Å². The largest absolute Gasteiger partial charge is 0.314 e. The number of hydrogen-bond acceptors (Lipinski definition) is 3. The van der Waals surface area contributed by atoms with E-state index in [1.165, 1.54) is 19.3 Å². The van der Waals surface area contributed by atoms with Crippen LogP contribution in [0.4, 0.5) is 0 Å². The monoisotopic (exact) mass is 196 g/mol. The number of allylic oxidation sites excluding steroid dienone is 1. The first-order chi connectivity index (χ1) is 6.77. The Morgan fingerprint density at radius 3 is 3.00 bits per heavy atom. The van der Waals surface area contributed by atoms with Gasteiger partial charge >= 0.3 is 0 Å². The van der Waals surface area contributed by atoms with Gasteiger partial charge in [0, 0.05) is 6.04 Å². The van der Waals surface area contributed by atoms with Crippen LogP contribution in [-0.2, 0) is 0 Å². The Balaban J connectivity index is 1.99. The molecule has 2 fully saturated rings. The molecule has 1 aliphatic carbocycles. The molecule has 0 aromatic carbocycles. The number of nitro groups is 1. The quantitative estimate of drug-likeness (QED) is 0.538. The van der Waals surface area contributed by atoms with E-state index in [1.807, 2.05) is 0 Å². The summed E-state index contributed by atoms with van der Waals surface area (Å²) in [6, 6.07) is 0.616. The second-order valence-corrected chi connectivity index (χ2v) is 4.23. The lowest BCUT2D eigenvalue weighted by atomic mass is 9.76. The maximum absolute atomic E-state index is 10.2. The van der Waals surface area contributed by atoms with Gasteiger partial charge in [-0.05, 0) is 43.7 Å². The van der Waals surface area contributed by atoms with Gasteiger partial charge in [0.15, 0.2) is 0 Å². The summed E-state index contributed by atoms with van der Waals surface area (Å²) in [4.78, 5) is 9.88. The van der Waals surface area contributed by atoms with Crippen LogP contribution in [0.15, 0.2) is 12.3 Å². The van der Waals surface area contributed by atoms with Crippen LogP contribution in [0.25, 0.3) is 0 Å². The van der Waals surface area contributed by atoms with Crippen LogP contribution in [0.2, 0.25) is 0 Å². The summed E-state index contributed by atoms with van der Waals surface area (Å²) in [5.74, 6) is 1.06. The van der Waals surface area contributed by atoms with Gasteiger partial charge in [0.25, 0.3) is 0 Å². The Kier molecular flexibility index (Phi) is 2.82. The van der Waals surface area contributed by atoms with E-state index >= 15 is 0 Å². The van der Waals surface area contributed by atoms with E-state index in [-0.39, 0.29) is 4.92 Å². The summed E-state index contributed by atoms with van der Waals surface area (Å²) in [5, 5.41) is 13.7. The molecule has 2 rings (SSSR count). The van der Waals surface area contributed by atoms with Crippen molar-refractivity contribution in [2.45, 2.75) is 31.7 Å². The summed E-state index contributed by atoms with van der Waals surface area (Å²) in [7, 11) is 0. The molecule has 0 spiro atoms. The number of nitrogens with one attached hydrogen (secondary N) is 1. The molecule has 1 N–H and O–H groups in total. The molecule has 4 nitrogen and oxygen atoms in total. The molecule has 14 heavy (non-hydrogen) atoms. The highest BCUT2D eigenvalue weighted by molar-refractivity contribution is 4.98. The first kappa shape index (κ1) is 9.65. The normalized spacial score (nSPS) is 37.3. The molecular formula is C10H16N2O2. The zero-order valence-corrected chi connectivity index (χ0v) is 8.19. The molecule has 0 amide bonds. The molecule has 0 bridgehead atoms. The third-order valence-electron chi connectivity index (χ3n) is 3.46. The number of fused-ring (bicyclic) bond motifs is 1. The van der Waals surface area contributed by atoms with Gasteiger partial charge in [-0.3, -0.25) is 10.1 Å². The number of hydrogen-bond donors (Lipinski definition) is 1. The van der Waals surface area contributed by atoms with Crippen LogP contribution in [0.5, 0.6) is 0 Å². The average molecular weight is 196 g/mol. The second-order valence-electron chi connectivity index (χ2n) is 4.23. The van der Waals surface area contributed by atoms with Gasteiger partial charge < -0.3 is 5.32 Å². The topological polar surface area (TPSA) is 55.2 Å². The number of rotatable bonds is 2. The van der Waals surface area contributed by atoms with E-state index in [0.29, 0.717) is 17.9 Å². The molecule has 78 valence electrons. The number of nitrogens with zero attached hydrogens (tertiary/aromatic N) is 1. The van der Waals surface area contributed by atoms with Gasteiger partial charge in [-0.1, -0.05) is 6.42 Å². The van der Waals surface area contributed by atoms with Crippen molar-refractivity contribution < 1.29 is 4.92 Å². The van der Waals surface area contributed by atoms with Gasteiger partial charge in [-0.15, -0.1) is 0 Å². The minimum Gasteiger partial charge on any atom is -0.314 e. The molecular weight excluding hydrogens is 180 g/mol. The molecule has 0 aromatic rings. The molecule has 3 atom stereocenters. The molecule has 3 unspecified atom stereocenters. The SMILES string of the molecule is O=[N+]([O-])C=CC1CCCC2NCCC12. The Labute approximate surface area is 83.5 Å². The van der Waals surface area contributed by atoms with E-state index in [9.17, 15) is 10.1 Å². The molecule has 1 aliphatic heterocycles. The predicted molar refractivity (Wildman–Crippen MR) is 53.4 cm³/mol. The third-order valence-corrected chi connectivity index (χ3v) is 3.46. The standard InChI is InChI=1S/C10H16N2O2/c13-12(14)7-5-8-2-1-3-10-9(8)4-6-11-10/h5,7-11H,1-4,6H2. The first-order valence-corrected chi connectivity index (χ1v) is 5.32. The van der Waals surface area contributed by atoms with Gasteiger partial charge in [0.05, 0.1) is 4.92 Å². The Bertz CT molecular complexity index is 253. The fraction of sp³-hybridized carbons (Fsp3) is 0.800. The average Bonchev–Trinajstić information content (AvgIpc) is 2.62. The van der Waals surface area contributed by atoms with E-state index < -0.39 is 0 Å². The molecule has 1 heterocycles. The molecule has 0 aromatic heterocycles. The van der Waals surface area contributed by atoms with Crippen LogP contribution in [-0.4, -0.2) is 17.5 Å². The van der Waals surface area contributed by atoms with Crippen LogP contribution in [0.1, 0.15) is 25.7 Å². The van der Waals surface area contributed by atoms with Crippen LogP contribution in [0, 0.1) is 22.0 Å².